The van der Waals surface area contributed by atoms with Crippen LogP contribution in [0, 0.1) is 11.8 Å². The van der Waals surface area contributed by atoms with Crippen LogP contribution in [0.5, 0.6) is 5.75 Å². The molecule has 0 spiro atoms. The number of nitrogens with zero attached hydrogens (tertiary/aromatic N) is 2. The highest BCUT2D eigenvalue weighted by atomic mass is 16.5. The SMILES string of the molecule is COC(=O)NC(C(=O)NC1(c2nc3c([nH]2)CCOc2cc(-c4ccc(-c5ccc6nc(C7(NC(=O)C(NC(=O)OC)C(C)C)CCCCC7)[nH]c6c5)cc4)ccc2-3)CCCC1)C(C)C. The molecule has 2 aliphatic carbocycles. The number of carbonyl (C=O) groups excluding carboxylic acids is 4. The maximum absolute atomic E-state index is 13.7. The number of ether oxygens (including phenoxy) is 3. The molecule has 3 aliphatic rings. The van der Waals surface area contributed by atoms with Gasteiger partial charge in [-0.3, -0.25) is 9.59 Å². The third-order valence-electron chi connectivity index (χ3n) is 13.3. The summed E-state index contributed by atoms with van der Waals surface area (Å²) in [5.41, 5.74) is 7.13. The van der Waals surface area contributed by atoms with Gasteiger partial charge in [-0.15, -0.1) is 0 Å². The Labute approximate surface area is 373 Å². The molecular formula is C49H60N8O7. The Balaban J connectivity index is 1.01. The summed E-state index contributed by atoms with van der Waals surface area (Å²) in [7, 11) is 2.58. The third kappa shape index (κ3) is 8.89. The Bertz CT molecular complexity index is 2510. The molecule has 0 bridgehead atoms. The molecule has 3 heterocycles. The molecule has 4 amide bonds. The van der Waals surface area contributed by atoms with E-state index >= 15 is 0 Å². The quantitative estimate of drug-likeness (QED) is 0.0716. The van der Waals surface area contributed by atoms with Crippen LogP contribution in [0.25, 0.3) is 44.5 Å². The van der Waals surface area contributed by atoms with Crippen molar-refractivity contribution >= 4 is 35.0 Å². The molecule has 2 aromatic heterocycles. The zero-order valence-corrected chi connectivity index (χ0v) is 37.6. The highest BCUT2D eigenvalue weighted by Crippen LogP contribution is 2.43. The first-order valence-electron chi connectivity index (χ1n) is 22.6. The molecule has 64 heavy (non-hydrogen) atoms. The van der Waals surface area contributed by atoms with Crippen molar-refractivity contribution in [3.63, 3.8) is 0 Å². The van der Waals surface area contributed by atoms with Crippen LogP contribution in [-0.4, -0.2) is 76.8 Å². The first-order chi connectivity index (χ1) is 30.8. The van der Waals surface area contributed by atoms with Crippen molar-refractivity contribution in [3.05, 3.63) is 78.0 Å². The van der Waals surface area contributed by atoms with E-state index in [2.05, 4.69) is 85.8 Å². The number of hydrogen-bond acceptors (Lipinski definition) is 9. The van der Waals surface area contributed by atoms with Crippen molar-refractivity contribution in [2.24, 2.45) is 11.8 Å². The number of fused-ring (bicyclic) bond motifs is 4. The Kier molecular flexibility index (Phi) is 12.7. The molecule has 2 unspecified atom stereocenters. The summed E-state index contributed by atoms with van der Waals surface area (Å²) in [6, 6.07) is 19.3. The molecule has 5 aromatic rings. The number of rotatable bonds is 12. The number of benzene rings is 3. The van der Waals surface area contributed by atoms with Crippen LogP contribution in [-0.2, 0) is 36.6 Å². The lowest BCUT2D eigenvalue weighted by atomic mass is 9.80. The van der Waals surface area contributed by atoms with Crippen molar-refractivity contribution in [1.29, 1.82) is 0 Å². The van der Waals surface area contributed by atoms with Crippen LogP contribution in [0.15, 0.2) is 60.7 Å². The van der Waals surface area contributed by atoms with E-state index in [9.17, 15) is 19.2 Å². The number of H-pyrrole nitrogens is 2. The van der Waals surface area contributed by atoms with Gasteiger partial charge in [0.15, 0.2) is 0 Å². The van der Waals surface area contributed by atoms with Crippen LogP contribution in [0.3, 0.4) is 0 Å². The van der Waals surface area contributed by atoms with Gasteiger partial charge < -0.3 is 45.4 Å². The van der Waals surface area contributed by atoms with Gasteiger partial charge in [0.05, 0.1) is 48.6 Å². The number of alkyl carbamates (subject to hydrolysis) is 2. The fourth-order valence-electron chi connectivity index (χ4n) is 9.64. The summed E-state index contributed by atoms with van der Waals surface area (Å²) in [5, 5.41) is 12.0. The number of carbonyl (C=O) groups is 4. The van der Waals surface area contributed by atoms with Gasteiger partial charge in [-0.25, -0.2) is 19.6 Å². The number of nitrogens with one attached hydrogen (secondary N) is 6. The summed E-state index contributed by atoms with van der Waals surface area (Å²) < 4.78 is 15.9. The molecule has 2 atom stereocenters. The van der Waals surface area contributed by atoms with Crippen LogP contribution in [0.2, 0.25) is 0 Å². The molecule has 15 heteroatoms. The maximum atomic E-state index is 13.7. The maximum Gasteiger partial charge on any atom is 0.407 e. The Morgan fingerprint density at radius 1 is 0.641 bits per heavy atom. The molecule has 6 N–H and O–H groups in total. The summed E-state index contributed by atoms with van der Waals surface area (Å²) in [4.78, 5) is 68.9. The van der Waals surface area contributed by atoms with Crippen molar-refractivity contribution in [2.45, 2.75) is 115 Å². The summed E-state index contributed by atoms with van der Waals surface area (Å²) in [6.45, 7) is 8.05. The van der Waals surface area contributed by atoms with E-state index in [0.717, 1.165) is 125 Å². The normalized spacial score (nSPS) is 17.3. The predicted octanol–water partition coefficient (Wildman–Crippen LogP) is 8.14. The molecule has 338 valence electrons. The van der Waals surface area contributed by atoms with E-state index in [4.69, 9.17) is 24.2 Å². The summed E-state index contributed by atoms with van der Waals surface area (Å²) >= 11 is 0. The highest BCUT2D eigenvalue weighted by molar-refractivity contribution is 5.88. The van der Waals surface area contributed by atoms with E-state index in [0.29, 0.717) is 13.0 Å². The summed E-state index contributed by atoms with van der Waals surface area (Å²) in [6.07, 6.45) is 7.19. The number of methoxy groups -OCH3 is 2. The first kappa shape index (κ1) is 44.2. The predicted molar refractivity (Wildman–Crippen MR) is 243 cm³/mol. The fourth-order valence-corrected chi connectivity index (χ4v) is 9.64. The number of imidazole rings is 2. The topological polar surface area (TPSA) is 201 Å². The van der Waals surface area contributed by atoms with Crippen LogP contribution in [0.4, 0.5) is 9.59 Å². The second-order valence-corrected chi connectivity index (χ2v) is 18.2. The largest absolute Gasteiger partial charge is 0.492 e. The van der Waals surface area contributed by atoms with E-state index in [1.807, 2.05) is 33.8 Å². The molecule has 8 rings (SSSR count). The zero-order chi connectivity index (χ0) is 45.2. The molecule has 3 aromatic carbocycles. The standard InChI is InChI=1S/C49H60N8O7/c1-28(2)39(54-46(60)62-5)42(58)56-48(21-8-7-9-22-48)44-50-35-19-17-32(26-37(35)52-44)30-12-14-31(15-13-30)33-16-18-34-38(27-33)64-25-20-36-41(34)53-45(51-36)49(23-10-11-24-49)57-43(59)40(29(3)4)55-47(61)63-6/h12-19,26-29,39-40H,7-11,20-25H2,1-6H3,(H,50,52)(H,51,53)(H,54,60)(H,55,61)(H,56,58)(H,57,59). The highest BCUT2D eigenvalue weighted by Gasteiger charge is 2.43. The van der Waals surface area contributed by atoms with Gasteiger partial charge in [-0.05, 0) is 84.0 Å². The number of hydrogen-bond donors (Lipinski definition) is 6. The van der Waals surface area contributed by atoms with Gasteiger partial charge in [-0.1, -0.05) is 96.2 Å². The van der Waals surface area contributed by atoms with Gasteiger partial charge in [-0.2, -0.15) is 0 Å². The van der Waals surface area contributed by atoms with Crippen molar-refractivity contribution in [2.75, 3.05) is 20.8 Å². The lowest BCUT2D eigenvalue weighted by Crippen LogP contribution is -2.56. The molecule has 2 saturated carbocycles. The number of aromatic nitrogens is 4. The third-order valence-corrected chi connectivity index (χ3v) is 13.3. The lowest BCUT2D eigenvalue weighted by molar-refractivity contribution is -0.127. The van der Waals surface area contributed by atoms with Gasteiger partial charge in [0, 0.05) is 17.7 Å². The monoisotopic (exact) mass is 872 g/mol. The van der Waals surface area contributed by atoms with Crippen molar-refractivity contribution < 1.29 is 33.4 Å². The van der Waals surface area contributed by atoms with Gasteiger partial charge in [0.1, 0.15) is 29.5 Å². The van der Waals surface area contributed by atoms with Crippen LogP contribution < -0.4 is 26.0 Å². The molecule has 0 saturated heterocycles. The summed E-state index contributed by atoms with van der Waals surface area (Å²) in [5.74, 6) is 1.39. The zero-order valence-electron chi connectivity index (χ0n) is 37.6. The van der Waals surface area contributed by atoms with Crippen molar-refractivity contribution in [3.8, 4) is 39.3 Å². The van der Waals surface area contributed by atoms with Gasteiger partial charge in [0.25, 0.3) is 0 Å². The minimum atomic E-state index is -0.752. The minimum absolute atomic E-state index is 0.143. The molecular weight excluding hydrogens is 813 g/mol. The lowest BCUT2D eigenvalue weighted by Gasteiger charge is -2.38. The Morgan fingerprint density at radius 2 is 1.14 bits per heavy atom. The molecule has 1 aliphatic heterocycles. The number of aromatic amines is 2. The van der Waals surface area contributed by atoms with Gasteiger partial charge in [0.2, 0.25) is 11.8 Å². The molecule has 2 fully saturated rings. The van der Waals surface area contributed by atoms with E-state index in [1.54, 1.807) is 0 Å². The second kappa shape index (κ2) is 18.4. The average Bonchev–Trinajstić information content (AvgIpc) is 4.05. The smallest absolute Gasteiger partial charge is 0.407 e. The van der Waals surface area contributed by atoms with Crippen molar-refractivity contribution in [1.82, 2.24) is 41.2 Å². The average molecular weight is 873 g/mol. The fraction of sp³-hybridized carbons (Fsp3) is 0.469. The molecule has 15 nitrogen and oxygen atoms in total. The minimum Gasteiger partial charge on any atom is -0.492 e. The Morgan fingerprint density at radius 3 is 1.69 bits per heavy atom. The second-order valence-electron chi connectivity index (χ2n) is 18.2. The van der Waals surface area contributed by atoms with Crippen LogP contribution >= 0.6 is 0 Å². The van der Waals surface area contributed by atoms with Gasteiger partial charge >= 0.3 is 12.2 Å². The van der Waals surface area contributed by atoms with E-state index in [1.165, 1.54) is 14.2 Å². The van der Waals surface area contributed by atoms with E-state index < -0.39 is 35.3 Å². The molecule has 0 radical (unpaired) electrons. The first-order valence-corrected chi connectivity index (χ1v) is 22.6. The number of amides is 4. The Hall–Kier alpha value is -6.38. The van der Waals surface area contributed by atoms with E-state index in [-0.39, 0.29) is 23.7 Å². The van der Waals surface area contributed by atoms with Crippen LogP contribution in [0.1, 0.15) is 103 Å².